The molecule has 158 valence electrons. The molecular weight excluding hydrogens is 422 g/mol. The fourth-order valence-electron chi connectivity index (χ4n) is 3.00. The van der Waals surface area contributed by atoms with Crippen LogP contribution in [-0.2, 0) is 11.3 Å². The number of benzene rings is 2. The lowest BCUT2D eigenvalue weighted by molar-refractivity contribution is -0.123. The Morgan fingerprint density at radius 2 is 1.94 bits per heavy atom. The third kappa shape index (κ3) is 4.57. The number of halogens is 1. The van der Waals surface area contributed by atoms with Gasteiger partial charge in [-0.15, -0.1) is 0 Å². The Morgan fingerprint density at radius 3 is 2.65 bits per heavy atom. The summed E-state index contributed by atoms with van der Waals surface area (Å²) in [6.07, 6.45) is 1.52. The topological polar surface area (TPSA) is 90.9 Å². The number of methoxy groups -OCH3 is 1. The lowest BCUT2D eigenvalue weighted by Gasteiger charge is -2.12. The molecule has 0 radical (unpaired) electrons. The predicted molar refractivity (Wildman–Crippen MR) is 116 cm³/mol. The van der Waals surface area contributed by atoms with E-state index in [4.69, 9.17) is 29.9 Å². The minimum atomic E-state index is -0.423. The number of carbonyl (C=O) groups excluding carboxylic acids is 1. The first kappa shape index (κ1) is 20.6. The van der Waals surface area contributed by atoms with Crippen molar-refractivity contribution in [2.45, 2.75) is 6.54 Å². The van der Waals surface area contributed by atoms with Gasteiger partial charge in [0.05, 0.1) is 25.3 Å². The lowest BCUT2D eigenvalue weighted by atomic mass is 10.1. The first-order valence-corrected chi connectivity index (χ1v) is 9.75. The number of nitrogens with one attached hydrogen (secondary N) is 1. The van der Waals surface area contributed by atoms with Crippen molar-refractivity contribution >= 4 is 28.5 Å². The summed E-state index contributed by atoms with van der Waals surface area (Å²) in [5, 5.41) is 3.32. The molecule has 0 saturated heterocycles. The summed E-state index contributed by atoms with van der Waals surface area (Å²) in [6, 6.07) is 15.2. The van der Waals surface area contributed by atoms with Gasteiger partial charge in [0.1, 0.15) is 17.1 Å². The molecule has 0 saturated carbocycles. The standard InChI is InChI=1S/C23H18ClNO6/c1-28-16-7-4-14(5-8-16)22-23(21(27)18-11-15(24)6-9-19(18)31-22)30-13-20(26)25-12-17-3-2-10-29-17/h2-11H,12-13H2,1H3,(H,25,26). The predicted octanol–water partition coefficient (Wildman–Crippen LogP) is 4.41. The van der Waals surface area contributed by atoms with Crippen molar-refractivity contribution in [3.05, 3.63) is 81.9 Å². The van der Waals surface area contributed by atoms with Gasteiger partial charge in [0.15, 0.2) is 12.4 Å². The molecule has 0 aliphatic heterocycles. The summed E-state index contributed by atoms with van der Waals surface area (Å²) in [5.41, 5.74) is 0.531. The Bertz CT molecular complexity index is 1260. The summed E-state index contributed by atoms with van der Waals surface area (Å²) in [4.78, 5) is 25.4. The number of furan rings is 1. The SMILES string of the molecule is COc1ccc(-c2oc3ccc(Cl)cc3c(=O)c2OCC(=O)NCc2ccco2)cc1. The second-order valence-electron chi connectivity index (χ2n) is 6.60. The van der Waals surface area contributed by atoms with Crippen molar-refractivity contribution in [1.29, 1.82) is 0 Å². The van der Waals surface area contributed by atoms with Gasteiger partial charge in [0, 0.05) is 10.6 Å². The summed E-state index contributed by atoms with van der Waals surface area (Å²) in [7, 11) is 1.56. The Labute approximate surface area is 182 Å². The van der Waals surface area contributed by atoms with Crippen LogP contribution in [0.5, 0.6) is 11.5 Å². The minimum Gasteiger partial charge on any atom is -0.497 e. The number of carbonyl (C=O) groups is 1. The Kier molecular flexibility index (Phi) is 5.95. The van der Waals surface area contributed by atoms with Gasteiger partial charge in [0.25, 0.3) is 5.91 Å². The molecule has 0 aliphatic carbocycles. The molecule has 2 aromatic heterocycles. The van der Waals surface area contributed by atoms with Gasteiger partial charge < -0.3 is 23.6 Å². The van der Waals surface area contributed by atoms with E-state index in [-0.39, 0.29) is 30.0 Å². The van der Waals surface area contributed by atoms with Crippen molar-refractivity contribution in [3.63, 3.8) is 0 Å². The summed E-state index contributed by atoms with van der Waals surface area (Å²) in [6.45, 7) is -0.164. The van der Waals surface area contributed by atoms with Crippen LogP contribution in [0.15, 0.2) is 74.5 Å². The highest BCUT2D eigenvalue weighted by Gasteiger charge is 2.19. The summed E-state index contributed by atoms with van der Waals surface area (Å²) >= 11 is 6.04. The molecule has 1 amide bonds. The van der Waals surface area contributed by atoms with E-state index in [0.717, 1.165) is 0 Å². The van der Waals surface area contributed by atoms with Gasteiger partial charge in [-0.2, -0.15) is 0 Å². The quantitative estimate of drug-likeness (QED) is 0.458. The van der Waals surface area contributed by atoms with Gasteiger partial charge >= 0.3 is 0 Å². The molecule has 2 aromatic carbocycles. The number of ether oxygens (including phenoxy) is 2. The van der Waals surface area contributed by atoms with E-state index < -0.39 is 11.3 Å². The number of amides is 1. The van der Waals surface area contributed by atoms with Crippen LogP contribution in [0.4, 0.5) is 0 Å². The lowest BCUT2D eigenvalue weighted by Crippen LogP contribution is -2.29. The molecule has 4 aromatic rings. The normalized spacial score (nSPS) is 10.8. The first-order valence-electron chi connectivity index (χ1n) is 9.38. The number of hydrogen-bond donors (Lipinski definition) is 1. The molecular formula is C23H18ClNO6. The van der Waals surface area contributed by atoms with Crippen LogP contribution in [0.1, 0.15) is 5.76 Å². The van der Waals surface area contributed by atoms with Crippen molar-refractivity contribution in [2.75, 3.05) is 13.7 Å². The molecule has 8 heteroatoms. The zero-order valence-electron chi connectivity index (χ0n) is 16.5. The highest BCUT2D eigenvalue weighted by molar-refractivity contribution is 6.31. The average Bonchev–Trinajstić information content (AvgIpc) is 3.31. The van der Waals surface area contributed by atoms with Crippen molar-refractivity contribution < 1.29 is 23.1 Å². The monoisotopic (exact) mass is 439 g/mol. The van der Waals surface area contributed by atoms with E-state index >= 15 is 0 Å². The van der Waals surface area contributed by atoms with Crippen LogP contribution in [-0.4, -0.2) is 19.6 Å². The Hall–Kier alpha value is -3.71. The van der Waals surface area contributed by atoms with E-state index in [1.165, 1.54) is 12.3 Å². The van der Waals surface area contributed by atoms with Crippen LogP contribution in [0, 0.1) is 0 Å². The second-order valence-corrected chi connectivity index (χ2v) is 7.04. The van der Waals surface area contributed by atoms with Crippen LogP contribution >= 0.6 is 11.6 Å². The Morgan fingerprint density at radius 1 is 1.13 bits per heavy atom. The zero-order valence-corrected chi connectivity index (χ0v) is 17.3. The molecule has 0 atom stereocenters. The van der Waals surface area contributed by atoms with Gasteiger partial charge in [0.2, 0.25) is 11.2 Å². The highest BCUT2D eigenvalue weighted by Crippen LogP contribution is 2.32. The van der Waals surface area contributed by atoms with Crippen LogP contribution in [0.25, 0.3) is 22.3 Å². The Balaban J connectivity index is 1.66. The van der Waals surface area contributed by atoms with Crippen molar-refractivity contribution in [1.82, 2.24) is 5.32 Å². The zero-order chi connectivity index (χ0) is 21.8. The van der Waals surface area contributed by atoms with Gasteiger partial charge in [-0.1, -0.05) is 11.6 Å². The van der Waals surface area contributed by atoms with E-state index in [9.17, 15) is 9.59 Å². The van der Waals surface area contributed by atoms with E-state index in [1.54, 1.807) is 55.6 Å². The largest absolute Gasteiger partial charge is 0.497 e. The maximum Gasteiger partial charge on any atom is 0.258 e. The van der Waals surface area contributed by atoms with Crippen LogP contribution in [0.2, 0.25) is 5.02 Å². The summed E-state index contributed by atoms with van der Waals surface area (Å²) < 4.78 is 22.0. The molecule has 0 bridgehead atoms. The van der Waals surface area contributed by atoms with Crippen molar-refractivity contribution in [3.8, 4) is 22.8 Å². The van der Waals surface area contributed by atoms with Gasteiger partial charge in [-0.25, -0.2) is 0 Å². The first-order chi connectivity index (χ1) is 15.0. The smallest absolute Gasteiger partial charge is 0.258 e. The number of hydrogen-bond acceptors (Lipinski definition) is 6. The average molecular weight is 440 g/mol. The molecule has 4 rings (SSSR count). The van der Waals surface area contributed by atoms with E-state index in [1.807, 2.05) is 0 Å². The summed E-state index contributed by atoms with van der Waals surface area (Å²) in [5.74, 6) is 0.975. The number of rotatable bonds is 7. The van der Waals surface area contributed by atoms with Gasteiger partial charge in [-0.05, 0) is 54.6 Å². The molecule has 2 heterocycles. The van der Waals surface area contributed by atoms with E-state index in [2.05, 4.69) is 5.32 Å². The molecule has 0 unspecified atom stereocenters. The number of fused-ring (bicyclic) bond motifs is 1. The molecule has 0 spiro atoms. The molecule has 7 nitrogen and oxygen atoms in total. The van der Waals surface area contributed by atoms with E-state index in [0.29, 0.717) is 27.7 Å². The van der Waals surface area contributed by atoms with Crippen LogP contribution < -0.4 is 20.2 Å². The maximum absolute atomic E-state index is 13.1. The van der Waals surface area contributed by atoms with Crippen LogP contribution in [0.3, 0.4) is 0 Å². The highest BCUT2D eigenvalue weighted by atomic mass is 35.5. The molecule has 0 fully saturated rings. The fraction of sp³-hybridized carbons (Fsp3) is 0.130. The second kappa shape index (κ2) is 8.97. The third-order valence-electron chi connectivity index (χ3n) is 4.55. The maximum atomic E-state index is 13.1. The van der Waals surface area contributed by atoms with Gasteiger partial charge in [-0.3, -0.25) is 9.59 Å². The molecule has 1 N–H and O–H groups in total. The molecule has 0 aliphatic rings. The minimum absolute atomic E-state index is 0.0758. The molecule has 31 heavy (non-hydrogen) atoms. The van der Waals surface area contributed by atoms with Crippen molar-refractivity contribution in [2.24, 2.45) is 0 Å². The third-order valence-corrected chi connectivity index (χ3v) is 4.79. The fourth-order valence-corrected chi connectivity index (χ4v) is 3.17.